The van der Waals surface area contributed by atoms with Gasteiger partial charge in [0.25, 0.3) is 0 Å². The van der Waals surface area contributed by atoms with Crippen LogP contribution in [-0.2, 0) is 9.53 Å². The molecule has 2 aliphatic rings. The minimum absolute atomic E-state index is 0.195. The second-order valence-corrected chi connectivity index (χ2v) is 7.69. The van der Waals surface area contributed by atoms with E-state index in [4.69, 9.17) is 4.74 Å². The fraction of sp³-hybridized carbons (Fsp3) is 0.429. The molecule has 2 amide bonds. The minimum Gasteiger partial charge on any atom is -0.442 e. The minimum atomic E-state index is -0.545. The number of carbonyl (C=O) groups is 2. The van der Waals surface area contributed by atoms with Crippen LogP contribution >= 0.6 is 0 Å². The Morgan fingerprint density at radius 1 is 1.26 bits per heavy atom. The molecule has 9 nitrogen and oxygen atoms in total. The van der Waals surface area contributed by atoms with Crippen LogP contribution in [0.3, 0.4) is 0 Å². The van der Waals surface area contributed by atoms with Crippen molar-refractivity contribution in [3.63, 3.8) is 0 Å². The normalized spacial score (nSPS) is 18.9. The summed E-state index contributed by atoms with van der Waals surface area (Å²) in [6.45, 7) is 6.63. The predicted molar refractivity (Wildman–Crippen MR) is 114 cm³/mol. The highest BCUT2D eigenvalue weighted by Gasteiger charge is 2.33. The van der Waals surface area contributed by atoms with Crippen LogP contribution in [0, 0.1) is 12.7 Å². The Hall–Kier alpha value is -3.43. The second-order valence-electron chi connectivity index (χ2n) is 7.69. The molecule has 2 aromatic rings. The lowest BCUT2D eigenvalue weighted by molar-refractivity contribution is -0.119. The highest BCUT2D eigenvalue weighted by Crippen LogP contribution is 2.29. The molecule has 0 radical (unpaired) electrons. The lowest BCUT2D eigenvalue weighted by Crippen LogP contribution is -2.47. The van der Waals surface area contributed by atoms with Gasteiger partial charge in [0.05, 0.1) is 24.5 Å². The van der Waals surface area contributed by atoms with Crippen molar-refractivity contribution in [2.45, 2.75) is 20.0 Å². The molecule has 1 aromatic carbocycles. The van der Waals surface area contributed by atoms with E-state index in [1.165, 1.54) is 24.2 Å². The fourth-order valence-electron chi connectivity index (χ4n) is 3.90. The molecule has 1 atom stereocenters. The number of aryl methyl sites for hydroxylation is 1. The molecule has 31 heavy (non-hydrogen) atoms. The van der Waals surface area contributed by atoms with E-state index in [0.717, 1.165) is 24.5 Å². The first-order valence-electron chi connectivity index (χ1n) is 10.2. The molecule has 0 bridgehead atoms. The summed E-state index contributed by atoms with van der Waals surface area (Å²) >= 11 is 0. The largest absolute Gasteiger partial charge is 0.442 e. The van der Waals surface area contributed by atoms with E-state index in [1.54, 1.807) is 18.3 Å². The highest BCUT2D eigenvalue weighted by atomic mass is 19.1. The smallest absolute Gasteiger partial charge is 0.414 e. The molecule has 1 aromatic heterocycles. The van der Waals surface area contributed by atoms with E-state index < -0.39 is 12.2 Å². The number of amides is 2. The molecule has 2 saturated heterocycles. The van der Waals surface area contributed by atoms with Gasteiger partial charge in [0.1, 0.15) is 24.1 Å². The van der Waals surface area contributed by atoms with Gasteiger partial charge in [-0.15, -0.1) is 0 Å². The number of anilines is 3. The van der Waals surface area contributed by atoms with Gasteiger partial charge in [-0.3, -0.25) is 9.69 Å². The van der Waals surface area contributed by atoms with Gasteiger partial charge in [0.15, 0.2) is 0 Å². The molecule has 1 N–H and O–H groups in total. The molecule has 0 saturated carbocycles. The van der Waals surface area contributed by atoms with Crippen molar-refractivity contribution in [1.29, 1.82) is 0 Å². The van der Waals surface area contributed by atoms with Crippen molar-refractivity contribution >= 4 is 29.2 Å². The Kier molecular flexibility index (Phi) is 5.88. The number of aromatic nitrogens is 2. The molecule has 2 fully saturated rings. The Morgan fingerprint density at radius 2 is 2.00 bits per heavy atom. The fourth-order valence-corrected chi connectivity index (χ4v) is 3.90. The lowest BCUT2D eigenvalue weighted by Gasteiger charge is -2.37. The Morgan fingerprint density at radius 3 is 2.68 bits per heavy atom. The van der Waals surface area contributed by atoms with E-state index >= 15 is 0 Å². The predicted octanol–water partition coefficient (Wildman–Crippen LogP) is 1.71. The maximum atomic E-state index is 14.9. The summed E-state index contributed by atoms with van der Waals surface area (Å²) in [6, 6.07) is 4.78. The number of carbonyl (C=O) groups excluding carboxylic acids is 2. The lowest BCUT2D eigenvalue weighted by atomic mass is 10.2. The third-order valence-corrected chi connectivity index (χ3v) is 5.48. The van der Waals surface area contributed by atoms with Crippen molar-refractivity contribution in [3.8, 4) is 0 Å². The van der Waals surface area contributed by atoms with Gasteiger partial charge in [-0.25, -0.2) is 19.2 Å². The number of benzene rings is 1. The number of nitrogens with one attached hydrogen (secondary N) is 1. The molecule has 164 valence electrons. The molecule has 0 spiro atoms. The molecular weight excluding hydrogens is 403 g/mol. The van der Waals surface area contributed by atoms with Crippen molar-refractivity contribution in [2.24, 2.45) is 0 Å². The van der Waals surface area contributed by atoms with Gasteiger partial charge in [-0.05, 0) is 25.1 Å². The Labute approximate surface area is 179 Å². The summed E-state index contributed by atoms with van der Waals surface area (Å²) in [5.74, 6) is 0.328. The van der Waals surface area contributed by atoms with Crippen LogP contribution < -0.4 is 20.0 Å². The average Bonchev–Trinajstić information content (AvgIpc) is 3.13. The number of ether oxygens (including phenoxy) is 1. The zero-order chi connectivity index (χ0) is 22.0. The summed E-state index contributed by atoms with van der Waals surface area (Å²) in [4.78, 5) is 37.2. The highest BCUT2D eigenvalue weighted by molar-refractivity contribution is 5.90. The molecule has 10 heteroatoms. The zero-order valence-electron chi connectivity index (χ0n) is 17.5. The van der Waals surface area contributed by atoms with E-state index in [1.807, 2.05) is 11.8 Å². The maximum Gasteiger partial charge on any atom is 0.414 e. The van der Waals surface area contributed by atoms with Crippen LogP contribution in [0.5, 0.6) is 0 Å². The number of hydrogen-bond acceptors (Lipinski definition) is 7. The summed E-state index contributed by atoms with van der Waals surface area (Å²) in [6.07, 6.45) is 2.32. The average molecular weight is 428 g/mol. The van der Waals surface area contributed by atoms with Crippen molar-refractivity contribution < 1.29 is 18.7 Å². The third-order valence-electron chi connectivity index (χ3n) is 5.48. The number of cyclic esters (lactones) is 1. The molecule has 2 aliphatic heterocycles. The number of piperazine rings is 1. The Bertz CT molecular complexity index is 979. The topological polar surface area (TPSA) is 90.9 Å². The monoisotopic (exact) mass is 428 g/mol. The van der Waals surface area contributed by atoms with Crippen LogP contribution in [0.2, 0.25) is 0 Å². The number of nitrogens with zero attached hydrogens (tertiary/aromatic N) is 5. The van der Waals surface area contributed by atoms with Crippen molar-refractivity contribution in [1.82, 2.24) is 15.3 Å². The molecule has 4 rings (SSSR count). The van der Waals surface area contributed by atoms with Gasteiger partial charge in [-0.1, -0.05) is 0 Å². The first-order valence-corrected chi connectivity index (χ1v) is 10.2. The summed E-state index contributed by atoms with van der Waals surface area (Å²) in [7, 11) is 0. The van der Waals surface area contributed by atoms with Crippen molar-refractivity contribution in [3.05, 3.63) is 42.1 Å². The maximum absolute atomic E-state index is 14.9. The van der Waals surface area contributed by atoms with Gasteiger partial charge >= 0.3 is 6.09 Å². The SMILES string of the molecule is CC(=O)NC[C@H]1CN(c2ccc(N3CCN(c4ncncc4C)CC3)c(F)c2)C(=O)O1. The third kappa shape index (κ3) is 4.52. The van der Waals surface area contributed by atoms with Crippen LogP contribution in [0.1, 0.15) is 12.5 Å². The number of halogens is 1. The molecule has 3 heterocycles. The van der Waals surface area contributed by atoms with Crippen LogP contribution in [-0.4, -0.2) is 67.3 Å². The van der Waals surface area contributed by atoms with Gasteiger partial charge < -0.3 is 19.9 Å². The Balaban J connectivity index is 1.40. The van der Waals surface area contributed by atoms with Crippen LogP contribution in [0.15, 0.2) is 30.7 Å². The molecular formula is C21H25FN6O3. The van der Waals surface area contributed by atoms with Crippen LogP contribution in [0.25, 0.3) is 0 Å². The molecule has 0 aliphatic carbocycles. The summed E-state index contributed by atoms with van der Waals surface area (Å²) in [5, 5.41) is 2.63. The quantitative estimate of drug-likeness (QED) is 0.775. The van der Waals surface area contributed by atoms with E-state index in [0.29, 0.717) is 24.5 Å². The van der Waals surface area contributed by atoms with Gasteiger partial charge in [0.2, 0.25) is 5.91 Å². The van der Waals surface area contributed by atoms with Crippen molar-refractivity contribution in [2.75, 3.05) is 54.0 Å². The van der Waals surface area contributed by atoms with E-state index in [9.17, 15) is 14.0 Å². The van der Waals surface area contributed by atoms with E-state index in [2.05, 4.69) is 20.2 Å². The number of hydrogen-bond donors (Lipinski definition) is 1. The van der Waals surface area contributed by atoms with Crippen LogP contribution in [0.4, 0.5) is 26.4 Å². The van der Waals surface area contributed by atoms with Gasteiger partial charge in [0, 0.05) is 44.9 Å². The first kappa shape index (κ1) is 20.8. The standard InChI is InChI=1S/C21H25FN6O3/c1-14-10-23-13-25-20(14)27-7-5-26(6-8-27)19-4-3-16(9-18(19)22)28-12-17(31-21(28)30)11-24-15(2)29/h3-4,9-10,13,17H,5-8,11-12H2,1-2H3,(H,24,29)/t17-/m0/s1. The zero-order valence-corrected chi connectivity index (χ0v) is 17.5. The first-order chi connectivity index (χ1) is 14.9. The summed E-state index contributed by atoms with van der Waals surface area (Å²) < 4.78 is 20.2. The number of rotatable bonds is 5. The summed E-state index contributed by atoms with van der Waals surface area (Å²) in [5.41, 5.74) is 1.96. The molecule has 0 unspecified atom stereocenters. The second kappa shape index (κ2) is 8.75. The van der Waals surface area contributed by atoms with E-state index in [-0.39, 0.29) is 24.8 Å². The van der Waals surface area contributed by atoms with Gasteiger partial charge in [-0.2, -0.15) is 0 Å².